The normalized spacial score (nSPS) is 11.0. The van der Waals surface area contributed by atoms with Crippen molar-refractivity contribution in [2.75, 3.05) is 11.9 Å². The summed E-state index contributed by atoms with van der Waals surface area (Å²) in [5, 5.41) is 2.57. The number of amides is 1. The summed E-state index contributed by atoms with van der Waals surface area (Å²) < 4.78 is 25.9. The van der Waals surface area contributed by atoms with E-state index in [4.69, 9.17) is 0 Å². The molecule has 1 amide bonds. The van der Waals surface area contributed by atoms with Crippen LogP contribution >= 0.6 is 0 Å². The number of benzene rings is 1. The van der Waals surface area contributed by atoms with Crippen LogP contribution in [0.3, 0.4) is 0 Å². The van der Waals surface area contributed by atoms with Crippen LogP contribution in [0, 0.1) is 0 Å². The molecule has 0 atom stereocenters. The van der Waals surface area contributed by atoms with E-state index in [9.17, 15) is 13.2 Å². The van der Waals surface area contributed by atoms with Crippen molar-refractivity contribution in [1.82, 2.24) is 4.72 Å². The molecule has 0 heterocycles. The van der Waals surface area contributed by atoms with Gasteiger partial charge in [-0.3, -0.25) is 4.79 Å². The molecular weight excluding hydrogens is 252 g/mol. The van der Waals surface area contributed by atoms with Crippen LogP contribution in [0.4, 0.5) is 5.69 Å². The number of nitrogens with one attached hydrogen (secondary N) is 2. The molecule has 6 heteroatoms. The number of rotatable bonds is 5. The van der Waals surface area contributed by atoms with Gasteiger partial charge in [-0.2, -0.15) is 0 Å². The minimum absolute atomic E-state index is 0.115. The first kappa shape index (κ1) is 14.4. The Morgan fingerprint density at radius 1 is 1.39 bits per heavy atom. The minimum atomic E-state index is -3.51. The second-order valence-corrected chi connectivity index (χ2v) is 5.53. The van der Waals surface area contributed by atoms with E-state index in [1.165, 1.54) is 12.1 Å². The molecule has 0 aromatic heterocycles. The molecule has 0 saturated carbocycles. The maximum absolute atomic E-state index is 11.8. The largest absolute Gasteiger partial charge is 0.322 e. The van der Waals surface area contributed by atoms with E-state index in [1.807, 2.05) is 0 Å². The van der Waals surface area contributed by atoms with Gasteiger partial charge in [-0.25, -0.2) is 13.1 Å². The molecule has 5 nitrogen and oxygen atoms in total. The second-order valence-electron chi connectivity index (χ2n) is 3.76. The summed E-state index contributed by atoms with van der Waals surface area (Å²) in [4.78, 5) is 11.5. The third-order valence-electron chi connectivity index (χ3n) is 2.12. The van der Waals surface area contributed by atoms with Gasteiger partial charge in [-0.1, -0.05) is 19.6 Å². The Morgan fingerprint density at radius 3 is 2.61 bits per heavy atom. The van der Waals surface area contributed by atoms with Gasteiger partial charge in [-0.15, -0.1) is 0 Å². The van der Waals surface area contributed by atoms with Crippen molar-refractivity contribution in [2.24, 2.45) is 0 Å². The maximum atomic E-state index is 11.8. The van der Waals surface area contributed by atoms with Gasteiger partial charge in [0.15, 0.2) is 0 Å². The van der Waals surface area contributed by atoms with Crippen LogP contribution in [0.15, 0.2) is 41.3 Å². The maximum Gasteiger partial charge on any atom is 0.250 e. The molecule has 2 N–H and O–H groups in total. The van der Waals surface area contributed by atoms with Gasteiger partial charge < -0.3 is 5.32 Å². The minimum Gasteiger partial charge on any atom is -0.322 e. The Hall–Kier alpha value is -1.66. The third-order valence-corrected chi connectivity index (χ3v) is 3.67. The van der Waals surface area contributed by atoms with Gasteiger partial charge in [-0.05, 0) is 25.1 Å². The lowest BCUT2D eigenvalue weighted by molar-refractivity contribution is -0.112. The molecule has 0 aliphatic carbocycles. The average Bonchev–Trinajstić information content (AvgIpc) is 2.29. The van der Waals surface area contributed by atoms with Gasteiger partial charge in [0.05, 0.1) is 4.90 Å². The van der Waals surface area contributed by atoms with Gasteiger partial charge in [0.25, 0.3) is 5.91 Å². The highest BCUT2D eigenvalue weighted by Gasteiger charge is 2.13. The summed E-state index contributed by atoms with van der Waals surface area (Å²) in [5.41, 5.74) is 0.775. The molecule has 18 heavy (non-hydrogen) atoms. The fourth-order valence-corrected chi connectivity index (χ4v) is 2.34. The number of hydrogen-bond donors (Lipinski definition) is 2. The zero-order valence-electron chi connectivity index (χ0n) is 10.4. The first-order valence-corrected chi connectivity index (χ1v) is 6.91. The Morgan fingerprint density at radius 2 is 2.06 bits per heavy atom. The van der Waals surface area contributed by atoms with E-state index < -0.39 is 10.0 Å². The summed E-state index contributed by atoms with van der Waals surface area (Å²) in [7, 11) is -3.51. The molecule has 0 radical (unpaired) electrons. The fourth-order valence-electron chi connectivity index (χ4n) is 1.25. The van der Waals surface area contributed by atoms with Gasteiger partial charge in [0.1, 0.15) is 0 Å². The van der Waals surface area contributed by atoms with E-state index in [0.29, 0.717) is 17.8 Å². The highest BCUT2D eigenvalue weighted by Crippen LogP contribution is 2.15. The number of anilines is 1. The van der Waals surface area contributed by atoms with Crippen molar-refractivity contribution >= 4 is 21.6 Å². The average molecular weight is 268 g/mol. The molecule has 98 valence electrons. The van der Waals surface area contributed by atoms with Gasteiger partial charge >= 0.3 is 0 Å². The molecule has 0 aliphatic heterocycles. The predicted octanol–water partition coefficient (Wildman–Crippen LogP) is 1.50. The number of carbonyl (C=O) groups excluding carboxylic acids is 1. The lowest BCUT2D eigenvalue weighted by atomic mass is 10.3. The quantitative estimate of drug-likeness (QED) is 0.795. The SMILES string of the molecule is C=C(C)C(=O)Nc1cccc(S(=O)(=O)NCC)c1. The lowest BCUT2D eigenvalue weighted by Crippen LogP contribution is -2.23. The summed E-state index contributed by atoms with van der Waals surface area (Å²) in [5.74, 6) is -0.340. The van der Waals surface area contributed by atoms with Gasteiger partial charge in [0, 0.05) is 17.8 Å². The highest BCUT2D eigenvalue weighted by molar-refractivity contribution is 7.89. The van der Waals surface area contributed by atoms with Crippen LogP contribution in [-0.2, 0) is 14.8 Å². The predicted molar refractivity (Wildman–Crippen MR) is 70.7 cm³/mol. The molecule has 0 fully saturated rings. The summed E-state index contributed by atoms with van der Waals surface area (Å²) in [6.45, 7) is 7.10. The van der Waals surface area contributed by atoms with Gasteiger partial charge in [0.2, 0.25) is 10.0 Å². The topological polar surface area (TPSA) is 75.3 Å². The smallest absolute Gasteiger partial charge is 0.250 e. The third kappa shape index (κ3) is 3.68. The summed E-state index contributed by atoms with van der Waals surface area (Å²) in [6.07, 6.45) is 0. The molecule has 0 spiro atoms. The van der Waals surface area contributed by atoms with Crippen LogP contribution in [0.25, 0.3) is 0 Å². The zero-order valence-corrected chi connectivity index (χ0v) is 11.2. The van der Waals surface area contributed by atoms with Crippen molar-refractivity contribution in [3.63, 3.8) is 0 Å². The molecule has 1 aromatic rings. The number of carbonyl (C=O) groups is 1. The Balaban J connectivity index is 3.00. The van der Waals surface area contributed by atoms with E-state index in [2.05, 4.69) is 16.6 Å². The Labute approximate surface area is 107 Å². The van der Waals surface area contributed by atoms with Crippen LogP contribution in [0.5, 0.6) is 0 Å². The molecule has 0 aliphatic rings. The lowest BCUT2D eigenvalue weighted by Gasteiger charge is -2.08. The van der Waals surface area contributed by atoms with E-state index in [-0.39, 0.29) is 10.8 Å². The number of sulfonamides is 1. The van der Waals surface area contributed by atoms with Crippen molar-refractivity contribution in [3.8, 4) is 0 Å². The Kier molecular flexibility index (Phi) is 4.63. The fraction of sp³-hybridized carbons (Fsp3) is 0.250. The highest BCUT2D eigenvalue weighted by atomic mass is 32.2. The summed E-state index contributed by atoms with van der Waals surface area (Å²) >= 11 is 0. The van der Waals surface area contributed by atoms with E-state index in [0.717, 1.165) is 0 Å². The molecule has 1 aromatic carbocycles. The zero-order chi connectivity index (χ0) is 13.8. The molecule has 0 bridgehead atoms. The van der Waals surface area contributed by atoms with E-state index in [1.54, 1.807) is 26.0 Å². The molecule has 0 saturated heterocycles. The van der Waals surface area contributed by atoms with Crippen LogP contribution < -0.4 is 10.0 Å². The molecule has 0 unspecified atom stereocenters. The standard InChI is InChI=1S/C12H16N2O3S/c1-4-13-18(16,17)11-7-5-6-10(8-11)14-12(15)9(2)3/h5-8,13H,2,4H2,1,3H3,(H,14,15). The van der Waals surface area contributed by atoms with Crippen molar-refractivity contribution < 1.29 is 13.2 Å². The van der Waals surface area contributed by atoms with E-state index >= 15 is 0 Å². The monoisotopic (exact) mass is 268 g/mol. The number of hydrogen-bond acceptors (Lipinski definition) is 3. The van der Waals surface area contributed by atoms with Crippen LogP contribution in [0.1, 0.15) is 13.8 Å². The Bertz CT molecular complexity index is 564. The summed E-state index contributed by atoms with van der Waals surface area (Å²) in [6, 6.07) is 6.05. The molecule has 1 rings (SSSR count). The first-order valence-electron chi connectivity index (χ1n) is 5.43. The van der Waals surface area contributed by atoms with Crippen molar-refractivity contribution in [3.05, 3.63) is 36.4 Å². The second kappa shape index (κ2) is 5.79. The van der Waals surface area contributed by atoms with Crippen molar-refractivity contribution in [1.29, 1.82) is 0 Å². The van der Waals surface area contributed by atoms with Crippen LogP contribution in [-0.4, -0.2) is 20.9 Å². The van der Waals surface area contributed by atoms with Crippen molar-refractivity contribution in [2.45, 2.75) is 18.7 Å². The van der Waals surface area contributed by atoms with Crippen LogP contribution in [0.2, 0.25) is 0 Å². The molecular formula is C12H16N2O3S. The first-order chi connectivity index (χ1) is 8.36.